The van der Waals surface area contributed by atoms with Gasteiger partial charge in [-0.3, -0.25) is 9.69 Å². The molecule has 2 aromatic carbocycles. The summed E-state index contributed by atoms with van der Waals surface area (Å²) in [5.74, 6) is 0.0328. The zero-order valence-corrected chi connectivity index (χ0v) is 16.0. The van der Waals surface area contributed by atoms with E-state index >= 15 is 0 Å². The van der Waals surface area contributed by atoms with Gasteiger partial charge in [0.05, 0.1) is 23.1 Å². The Kier molecular flexibility index (Phi) is 4.96. The van der Waals surface area contributed by atoms with Gasteiger partial charge in [-0.05, 0) is 42.7 Å². The molecule has 0 unspecified atom stereocenters. The fourth-order valence-corrected chi connectivity index (χ4v) is 4.34. The summed E-state index contributed by atoms with van der Waals surface area (Å²) in [5.41, 5.74) is 0.851. The Hall–Kier alpha value is -2.64. The predicted molar refractivity (Wildman–Crippen MR) is 107 cm³/mol. The van der Waals surface area contributed by atoms with Crippen LogP contribution in [0.4, 0.5) is 9.52 Å². The summed E-state index contributed by atoms with van der Waals surface area (Å²) in [6.45, 7) is 0.218. The summed E-state index contributed by atoms with van der Waals surface area (Å²) in [4.78, 5) is 20.2. The monoisotopic (exact) mass is 398 g/mol. The third kappa shape index (κ3) is 3.48. The van der Waals surface area contributed by atoms with Crippen LogP contribution in [-0.2, 0) is 6.54 Å². The molecule has 0 N–H and O–H groups in total. The van der Waals surface area contributed by atoms with Crippen LogP contribution >= 0.6 is 23.1 Å². The topological polar surface area (TPSA) is 46.3 Å². The van der Waals surface area contributed by atoms with Gasteiger partial charge in [0.2, 0.25) is 0 Å². The number of carbonyl (C=O) groups excluding carboxylic acids is 1. The molecule has 0 saturated carbocycles. The van der Waals surface area contributed by atoms with Crippen molar-refractivity contribution < 1.29 is 13.6 Å². The highest BCUT2D eigenvalue weighted by molar-refractivity contribution is 7.98. The van der Waals surface area contributed by atoms with Gasteiger partial charge in [0.15, 0.2) is 5.13 Å². The number of thioether (sulfide) groups is 1. The highest BCUT2D eigenvalue weighted by atomic mass is 32.2. The number of rotatable bonds is 5. The second-order valence-corrected chi connectivity index (χ2v) is 7.61. The van der Waals surface area contributed by atoms with E-state index in [0.29, 0.717) is 21.2 Å². The molecule has 0 fully saturated rings. The third-order valence-electron chi connectivity index (χ3n) is 4.07. The molecule has 0 bridgehead atoms. The van der Waals surface area contributed by atoms with Gasteiger partial charge in [0.25, 0.3) is 5.91 Å². The van der Waals surface area contributed by atoms with Crippen LogP contribution in [0.3, 0.4) is 0 Å². The Balaban J connectivity index is 1.80. The maximum atomic E-state index is 14.1. The van der Waals surface area contributed by atoms with Crippen LogP contribution in [0, 0.1) is 5.82 Å². The van der Waals surface area contributed by atoms with Crippen LogP contribution in [0.1, 0.15) is 16.1 Å². The minimum absolute atomic E-state index is 0.198. The summed E-state index contributed by atoms with van der Waals surface area (Å²) >= 11 is 2.79. The summed E-state index contributed by atoms with van der Waals surface area (Å²) in [6.07, 6.45) is 3.49. The van der Waals surface area contributed by atoms with Crippen molar-refractivity contribution in [2.45, 2.75) is 11.4 Å². The zero-order chi connectivity index (χ0) is 18.8. The van der Waals surface area contributed by atoms with Crippen LogP contribution < -0.4 is 4.90 Å². The number of hydrogen-bond acceptors (Lipinski definition) is 5. The summed E-state index contributed by atoms with van der Waals surface area (Å²) < 4.78 is 20.2. The van der Waals surface area contributed by atoms with Crippen molar-refractivity contribution in [1.29, 1.82) is 0 Å². The van der Waals surface area contributed by atoms with Gasteiger partial charge in [-0.2, -0.15) is 0 Å². The minimum atomic E-state index is -0.398. The van der Waals surface area contributed by atoms with Gasteiger partial charge in [-0.15, -0.1) is 11.8 Å². The lowest BCUT2D eigenvalue weighted by Crippen LogP contribution is -2.30. The third-order valence-corrected chi connectivity index (χ3v) is 5.91. The van der Waals surface area contributed by atoms with E-state index < -0.39 is 5.82 Å². The Labute approximate surface area is 163 Å². The second-order valence-electron chi connectivity index (χ2n) is 5.75. The Morgan fingerprint density at radius 3 is 2.78 bits per heavy atom. The molecule has 4 nitrogen and oxygen atoms in total. The molecule has 2 heterocycles. The second kappa shape index (κ2) is 7.54. The Morgan fingerprint density at radius 1 is 1.19 bits per heavy atom. The summed E-state index contributed by atoms with van der Waals surface area (Å²) in [6, 6.07) is 15.8. The van der Waals surface area contributed by atoms with Crippen molar-refractivity contribution in [3.05, 3.63) is 78.0 Å². The van der Waals surface area contributed by atoms with Crippen molar-refractivity contribution in [2.24, 2.45) is 0 Å². The Morgan fingerprint density at radius 2 is 2.04 bits per heavy atom. The van der Waals surface area contributed by atoms with Crippen molar-refractivity contribution in [2.75, 3.05) is 11.2 Å². The lowest BCUT2D eigenvalue weighted by atomic mass is 10.2. The first-order chi connectivity index (χ1) is 13.2. The van der Waals surface area contributed by atoms with Gasteiger partial charge in [-0.25, -0.2) is 9.37 Å². The number of nitrogens with zero attached hydrogens (tertiary/aromatic N) is 2. The maximum absolute atomic E-state index is 14.1. The molecular weight excluding hydrogens is 383 g/mol. The molecule has 0 aliphatic heterocycles. The SMILES string of the molecule is CSc1ccccc1C(=O)N(Cc1ccco1)c1nc2c(F)cccc2s1. The molecule has 0 spiro atoms. The van der Waals surface area contributed by atoms with E-state index in [1.165, 1.54) is 34.1 Å². The van der Waals surface area contributed by atoms with Gasteiger partial charge < -0.3 is 4.42 Å². The molecule has 4 aromatic rings. The fourth-order valence-electron chi connectivity index (χ4n) is 2.77. The van der Waals surface area contributed by atoms with Gasteiger partial charge in [0.1, 0.15) is 17.1 Å². The normalized spacial score (nSPS) is 11.0. The van der Waals surface area contributed by atoms with E-state index in [-0.39, 0.29) is 18.0 Å². The summed E-state index contributed by atoms with van der Waals surface area (Å²) in [5, 5.41) is 0.437. The lowest BCUT2D eigenvalue weighted by Gasteiger charge is -2.20. The molecule has 27 heavy (non-hydrogen) atoms. The van der Waals surface area contributed by atoms with Crippen LogP contribution in [0.15, 0.2) is 70.2 Å². The smallest absolute Gasteiger partial charge is 0.261 e. The fraction of sp³-hybridized carbons (Fsp3) is 0.100. The molecule has 0 aliphatic rings. The lowest BCUT2D eigenvalue weighted by molar-refractivity contribution is 0.0980. The van der Waals surface area contributed by atoms with E-state index in [1.54, 1.807) is 36.6 Å². The van der Waals surface area contributed by atoms with Crippen molar-refractivity contribution >= 4 is 44.4 Å². The average Bonchev–Trinajstić information content (AvgIpc) is 3.35. The first kappa shape index (κ1) is 17.8. The largest absolute Gasteiger partial charge is 0.467 e. The molecule has 0 saturated heterocycles. The van der Waals surface area contributed by atoms with E-state index in [9.17, 15) is 9.18 Å². The molecule has 0 aliphatic carbocycles. The van der Waals surface area contributed by atoms with Crippen molar-refractivity contribution in [1.82, 2.24) is 4.98 Å². The molecule has 4 rings (SSSR count). The van der Waals surface area contributed by atoms with Crippen LogP contribution in [0.5, 0.6) is 0 Å². The van der Waals surface area contributed by atoms with E-state index in [4.69, 9.17) is 4.42 Å². The van der Waals surface area contributed by atoms with Crippen molar-refractivity contribution in [3.8, 4) is 0 Å². The molecular formula is C20H15FN2O2S2. The van der Waals surface area contributed by atoms with Crippen molar-refractivity contribution in [3.63, 3.8) is 0 Å². The number of furan rings is 1. The van der Waals surface area contributed by atoms with Gasteiger partial charge in [-0.1, -0.05) is 29.5 Å². The number of hydrogen-bond donors (Lipinski definition) is 0. The number of thiazole rings is 1. The summed E-state index contributed by atoms with van der Waals surface area (Å²) in [7, 11) is 0. The van der Waals surface area contributed by atoms with Crippen LogP contribution in [-0.4, -0.2) is 17.1 Å². The highest BCUT2D eigenvalue weighted by Gasteiger charge is 2.25. The molecule has 2 aromatic heterocycles. The zero-order valence-electron chi connectivity index (χ0n) is 14.4. The van der Waals surface area contributed by atoms with Crippen LogP contribution in [0.25, 0.3) is 10.2 Å². The number of aromatic nitrogens is 1. The quantitative estimate of drug-likeness (QED) is 0.411. The van der Waals surface area contributed by atoms with Crippen LogP contribution in [0.2, 0.25) is 0 Å². The standard InChI is InChI=1S/C20H15FN2O2S2/c1-26-16-9-3-2-7-14(16)19(24)23(12-13-6-5-11-25-13)20-22-18-15(21)8-4-10-17(18)27-20/h2-11H,12H2,1H3. The molecule has 0 atom stereocenters. The molecule has 7 heteroatoms. The van der Waals surface area contributed by atoms with E-state index in [1.807, 2.05) is 24.5 Å². The van der Waals surface area contributed by atoms with Gasteiger partial charge in [0, 0.05) is 4.90 Å². The number of carbonyl (C=O) groups is 1. The first-order valence-electron chi connectivity index (χ1n) is 8.19. The number of benzene rings is 2. The maximum Gasteiger partial charge on any atom is 0.261 e. The predicted octanol–water partition coefficient (Wildman–Crippen LogP) is 5.60. The Bertz CT molecular complexity index is 1090. The number of para-hydroxylation sites is 1. The number of anilines is 1. The van der Waals surface area contributed by atoms with Gasteiger partial charge >= 0.3 is 0 Å². The number of amides is 1. The molecule has 1 amide bonds. The number of halogens is 1. The first-order valence-corrected chi connectivity index (χ1v) is 10.2. The molecule has 136 valence electrons. The highest BCUT2D eigenvalue weighted by Crippen LogP contribution is 2.33. The van der Waals surface area contributed by atoms with E-state index in [0.717, 1.165) is 4.90 Å². The molecule has 0 radical (unpaired) electrons. The number of fused-ring (bicyclic) bond motifs is 1. The minimum Gasteiger partial charge on any atom is -0.467 e. The van der Waals surface area contributed by atoms with E-state index in [2.05, 4.69) is 4.98 Å². The average molecular weight is 398 g/mol.